The first kappa shape index (κ1) is 21.4. The van der Waals surface area contributed by atoms with Gasteiger partial charge >= 0.3 is 5.97 Å². The molecule has 0 amide bonds. The third-order valence-corrected chi connectivity index (χ3v) is 5.85. The number of hydrogen-bond donors (Lipinski definition) is 1. The Bertz CT molecular complexity index is 614. The summed E-state index contributed by atoms with van der Waals surface area (Å²) in [7, 11) is 1.34. The van der Waals surface area contributed by atoms with Crippen molar-refractivity contribution in [1.29, 1.82) is 0 Å². The fourth-order valence-electron chi connectivity index (χ4n) is 4.24. The van der Waals surface area contributed by atoms with Crippen LogP contribution in [0.5, 0.6) is 0 Å². The normalized spacial score (nSPS) is 23.9. The first-order valence-corrected chi connectivity index (χ1v) is 9.93. The summed E-state index contributed by atoms with van der Waals surface area (Å²) in [5, 5.41) is 11.8. The average Bonchev–Trinajstić information content (AvgIpc) is 2.63. The third kappa shape index (κ3) is 5.76. The molecule has 0 aliphatic heterocycles. The van der Waals surface area contributed by atoms with Crippen LogP contribution in [0.15, 0.2) is 30.3 Å². The van der Waals surface area contributed by atoms with E-state index in [0.29, 0.717) is 19.3 Å². The van der Waals surface area contributed by atoms with Crippen LogP contribution >= 0.6 is 0 Å². The van der Waals surface area contributed by atoms with Gasteiger partial charge in [0.25, 0.3) is 0 Å². The number of nitro groups is 1. The van der Waals surface area contributed by atoms with Crippen molar-refractivity contribution in [1.82, 2.24) is 0 Å². The van der Waals surface area contributed by atoms with Crippen LogP contribution in [-0.2, 0) is 16.0 Å². The smallest absolute Gasteiger partial charge is 0.308 e. The molecule has 0 radical (unpaired) electrons. The Balaban J connectivity index is 2.06. The molecule has 2 rings (SSSR count). The first-order valence-electron chi connectivity index (χ1n) is 9.93. The predicted octanol–water partition coefficient (Wildman–Crippen LogP) is 3.74. The maximum absolute atomic E-state index is 11.8. The monoisotopic (exact) mass is 376 g/mol. The fourth-order valence-corrected chi connectivity index (χ4v) is 4.24. The lowest BCUT2D eigenvalue weighted by molar-refractivity contribution is -0.540. The number of ether oxygens (including phenoxy) is 1. The summed E-state index contributed by atoms with van der Waals surface area (Å²) in [6.07, 6.45) is 6.23. The molecule has 150 valence electrons. The number of unbranched alkanes of at least 4 members (excludes halogenated alkanes) is 2. The lowest BCUT2D eigenvalue weighted by Crippen LogP contribution is -2.64. The SMILES string of the molecule is CCCCCC(Cc1ccccc1)CC([N+](=O)[O-])C1(N)CC(C(=O)OC)C1. The van der Waals surface area contributed by atoms with E-state index in [9.17, 15) is 14.9 Å². The molecule has 0 spiro atoms. The van der Waals surface area contributed by atoms with Crippen LogP contribution in [0.1, 0.15) is 57.4 Å². The van der Waals surface area contributed by atoms with Gasteiger partial charge in [0.2, 0.25) is 6.04 Å². The molecule has 1 saturated carbocycles. The molecule has 0 bridgehead atoms. The van der Waals surface area contributed by atoms with Crippen molar-refractivity contribution in [3.05, 3.63) is 46.0 Å². The molecule has 1 aromatic rings. The Morgan fingerprint density at radius 3 is 2.56 bits per heavy atom. The molecule has 0 aromatic heterocycles. The first-order chi connectivity index (χ1) is 12.9. The third-order valence-electron chi connectivity index (χ3n) is 5.85. The minimum atomic E-state index is -0.915. The molecule has 2 unspecified atom stereocenters. The van der Waals surface area contributed by atoms with Crippen molar-refractivity contribution >= 4 is 5.97 Å². The van der Waals surface area contributed by atoms with Crippen molar-refractivity contribution in [3.63, 3.8) is 0 Å². The Labute approximate surface area is 161 Å². The second-order valence-corrected chi connectivity index (χ2v) is 7.95. The second kappa shape index (κ2) is 9.83. The van der Waals surface area contributed by atoms with Crippen LogP contribution in [0.25, 0.3) is 0 Å². The molecule has 0 heterocycles. The van der Waals surface area contributed by atoms with E-state index in [1.807, 2.05) is 18.2 Å². The number of esters is 1. The van der Waals surface area contributed by atoms with Crippen LogP contribution in [0.4, 0.5) is 0 Å². The molecule has 1 aliphatic carbocycles. The molecular weight excluding hydrogens is 344 g/mol. The highest BCUT2D eigenvalue weighted by Crippen LogP contribution is 2.42. The summed E-state index contributed by atoms with van der Waals surface area (Å²) in [6, 6.07) is 9.30. The highest BCUT2D eigenvalue weighted by Gasteiger charge is 2.55. The fraction of sp³-hybridized carbons (Fsp3) is 0.667. The Hall–Kier alpha value is -1.95. The number of nitrogens with zero attached hydrogens (tertiary/aromatic N) is 1. The maximum atomic E-state index is 11.8. The minimum Gasteiger partial charge on any atom is -0.469 e. The summed E-state index contributed by atoms with van der Waals surface area (Å²) in [6.45, 7) is 2.15. The van der Waals surface area contributed by atoms with Crippen LogP contribution in [0.2, 0.25) is 0 Å². The standard InChI is InChI=1S/C21H32N2O4/c1-3-4-6-11-17(12-16-9-7-5-8-10-16)13-19(23(25)26)21(22)14-18(15-21)20(24)27-2/h5,7-10,17-19H,3-4,6,11-15,22H2,1-2H3. The molecule has 1 fully saturated rings. The van der Waals surface area contributed by atoms with Crippen LogP contribution in [-0.4, -0.2) is 29.6 Å². The molecule has 6 nitrogen and oxygen atoms in total. The van der Waals surface area contributed by atoms with E-state index < -0.39 is 11.6 Å². The summed E-state index contributed by atoms with van der Waals surface area (Å²) in [5.41, 5.74) is 6.67. The van der Waals surface area contributed by atoms with Gasteiger partial charge in [0.05, 0.1) is 18.6 Å². The Kier molecular flexibility index (Phi) is 7.78. The van der Waals surface area contributed by atoms with Crippen molar-refractivity contribution in [2.45, 2.75) is 69.9 Å². The second-order valence-electron chi connectivity index (χ2n) is 7.95. The topological polar surface area (TPSA) is 95.5 Å². The molecule has 0 saturated heterocycles. The summed E-state index contributed by atoms with van der Waals surface area (Å²) >= 11 is 0. The predicted molar refractivity (Wildman–Crippen MR) is 105 cm³/mol. The van der Waals surface area contributed by atoms with Gasteiger partial charge in [-0.3, -0.25) is 14.9 Å². The largest absolute Gasteiger partial charge is 0.469 e. The van der Waals surface area contributed by atoms with Crippen molar-refractivity contribution < 1.29 is 14.5 Å². The van der Waals surface area contributed by atoms with E-state index in [1.165, 1.54) is 12.7 Å². The van der Waals surface area contributed by atoms with Crippen LogP contribution in [0.3, 0.4) is 0 Å². The van der Waals surface area contributed by atoms with E-state index >= 15 is 0 Å². The number of nitrogens with two attached hydrogens (primary N) is 1. The van der Waals surface area contributed by atoms with Crippen LogP contribution in [0, 0.1) is 22.0 Å². The highest BCUT2D eigenvalue weighted by molar-refractivity contribution is 5.74. The zero-order valence-electron chi connectivity index (χ0n) is 16.4. The molecule has 6 heteroatoms. The van der Waals surface area contributed by atoms with Gasteiger partial charge in [-0.05, 0) is 37.2 Å². The number of carbonyl (C=O) groups excluding carboxylic acids is 1. The lowest BCUT2D eigenvalue weighted by atomic mass is 9.63. The van der Waals surface area contributed by atoms with Gasteiger partial charge in [0.15, 0.2) is 0 Å². The van der Waals surface area contributed by atoms with E-state index in [0.717, 1.165) is 32.1 Å². The van der Waals surface area contributed by atoms with Gasteiger partial charge in [0.1, 0.15) is 0 Å². The van der Waals surface area contributed by atoms with E-state index in [-0.39, 0.29) is 22.7 Å². The molecule has 27 heavy (non-hydrogen) atoms. The molecular formula is C21H32N2O4. The number of hydrogen-bond acceptors (Lipinski definition) is 5. The van der Waals surface area contributed by atoms with E-state index in [2.05, 4.69) is 19.1 Å². The van der Waals surface area contributed by atoms with Gasteiger partial charge < -0.3 is 10.5 Å². The summed E-state index contributed by atoms with van der Waals surface area (Å²) in [5.74, 6) is -0.413. The van der Waals surface area contributed by atoms with Crippen LogP contribution < -0.4 is 5.73 Å². The van der Waals surface area contributed by atoms with Gasteiger partial charge in [-0.25, -0.2) is 0 Å². The number of methoxy groups -OCH3 is 1. The van der Waals surface area contributed by atoms with Crippen molar-refractivity contribution in [3.8, 4) is 0 Å². The highest BCUT2D eigenvalue weighted by atomic mass is 16.6. The van der Waals surface area contributed by atoms with E-state index in [1.54, 1.807) is 0 Å². The number of benzene rings is 1. The molecule has 1 aliphatic rings. The average molecular weight is 376 g/mol. The van der Waals surface area contributed by atoms with Gasteiger partial charge in [-0.15, -0.1) is 0 Å². The Morgan fingerprint density at radius 2 is 2.00 bits per heavy atom. The quantitative estimate of drug-likeness (QED) is 0.275. The van der Waals surface area contributed by atoms with Crippen molar-refractivity contribution in [2.75, 3.05) is 7.11 Å². The zero-order chi connectivity index (χ0) is 19.9. The Morgan fingerprint density at radius 1 is 1.33 bits per heavy atom. The molecule has 1 aromatic carbocycles. The number of carbonyl (C=O) groups is 1. The van der Waals surface area contributed by atoms with Crippen molar-refractivity contribution in [2.24, 2.45) is 17.6 Å². The minimum absolute atomic E-state index is 0.215. The van der Waals surface area contributed by atoms with Gasteiger partial charge in [-0.2, -0.15) is 0 Å². The summed E-state index contributed by atoms with van der Waals surface area (Å²) in [4.78, 5) is 23.2. The molecule has 2 atom stereocenters. The van der Waals surface area contributed by atoms with Gasteiger partial charge in [0, 0.05) is 11.3 Å². The maximum Gasteiger partial charge on any atom is 0.308 e. The van der Waals surface area contributed by atoms with E-state index in [4.69, 9.17) is 10.5 Å². The lowest BCUT2D eigenvalue weighted by Gasteiger charge is -2.44. The molecule has 2 N–H and O–H groups in total. The zero-order valence-corrected chi connectivity index (χ0v) is 16.4. The number of rotatable bonds is 11. The summed E-state index contributed by atoms with van der Waals surface area (Å²) < 4.78 is 4.75. The van der Waals surface area contributed by atoms with Gasteiger partial charge in [-0.1, -0.05) is 56.5 Å².